The minimum Gasteiger partial charge on any atom is -0.396 e. The number of nitrogens with one attached hydrogen (secondary N) is 1. The molecule has 6 heteroatoms. The molecule has 4 rings (SSSR count). The molecular formula is C17H15FN4S. The highest BCUT2D eigenvalue weighted by Gasteiger charge is 2.22. The smallest absolute Gasteiger partial charge is 0.147 e. The van der Waals surface area contributed by atoms with Gasteiger partial charge in [-0.1, -0.05) is 18.2 Å². The van der Waals surface area contributed by atoms with E-state index in [2.05, 4.69) is 15.3 Å². The number of anilines is 2. The molecule has 23 heavy (non-hydrogen) atoms. The van der Waals surface area contributed by atoms with Gasteiger partial charge in [-0.3, -0.25) is 0 Å². The van der Waals surface area contributed by atoms with Gasteiger partial charge in [0.25, 0.3) is 0 Å². The van der Waals surface area contributed by atoms with Gasteiger partial charge in [-0.25, -0.2) is 14.4 Å². The number of rotatable bonds is 4. The van der Waals surface area contributed by atoms with Crippen molar-refractivity contribution in [3.05, 3.63) is 46.9 Å². The molecular weight excluding hydrogens is 311 g/mol. The van der Waals surface area contributed by atoms with E-state index in [0.29, 0.717) is 6.04 Å². The zero-order chi connectivity index (χ0) is 15.8. The molecule has 0 saturated heterocycles. The first-order valence-electron chi connectivity index (χ1n) is 7.42. The summed E-state index contributed by atoms with van der Waals surface area (Å²) in [5, 5.41) is 5.47. The zero-order valence-electron chi connectivity index (χ0n) is 12.3. The van der Waals surface area contributed by atoms with Crippen molar-refractivity contribution in [2.24, 2.45) is 0 Å². The second-order valence-electron chi connectivity index (χ2n) is 5.62. The lowest BCUT2D eigenvalue weighted by atomic mass is 10.1. The van der Waals surface area contributed by atoms with Crippen molar-refractivity contribution in [3.8, 4) is 0 Å². The lowest BCUT2D eigenvalue weighted by molar-refractivity contribution is 0.632. The van der Waals surface area contributed by atoms with Crippen LogP contribution in [-0.4, -0.2) is 16.0 Å². The number of benzene rings is 1. The molecule has 1 aromatic carbocycles. The summed E-state index contributed by atoms with van der Waals surface area (Å²) in [7, 11) is 0. The maximum absolute atomic E-state index is 13.5. The summed E-state index contributed by atoms with van der Waals surface area (Å²) in [5.41, 5.74) is 8.34. The number of aromatic nitrogens is 2. The fraction of sp³-hybridized carbons (Fsp3) is 0.176. The molecule has 0 radical (unpaired) electrons. The van der Waals surface area contributed by atoms with Gasteiger partial charge in [0.15, 0.2) is 0 Å². The third kappa shape index (κ3) is 2.90. The van der Waals surface area contributed by atoms with E-state index in [-0.39, 0.29) is 5.69 Å². The first-order chi connectivity index (χ1) is 11.2. The van der Waals surface area contributed by atoms with Crippen molar-refractivity contribution < 1.29 is 4.39 Å². The van der Waals surface area contributed by atoms with Gasteiger partial charge in [0.2, 0.25) is 0 Å². The molecule has 0 unspecified atom stereocenters. The molecule has 2 aromatic heterocycles. The van der Waals surface area contributed by atoms with Gasteiger partial charge in [0, 0.05) is 17.0 Å². The van der Waals surface area contributed by atoms with E-state index < -0.39 is 5.82 Å². The monoisotopic (exact) mass is 326 g/mol. The van der Waals surface area contributed by atoms with Gasteiger partial charge < -0.3 is 11.1 Å². The van der Waals surface area contributed by atoms with Crippen molar-refractivity contribution in [1.29, 1.82) is 0 Å². The average molecular weight is 326 g/mol. The maximum Gasteiger partial charge on any atom is 0.147 e. The number of hydrogen-bond acceptors (Lipinski definition) is 5. The van der Waals surface area contributed by atoms with Crippen LogP contribution in [0.5, 0.6) is 0 Å². The predicted molar refractivity (Wildman–Crippen MR) is 93.8 cm³/mol. The largest absolute Gasteiger partial charge is 0.396 e. The Morgan fingerprint density at radius 3 is 2.91 bits per heavy atom. The highest BCUT2D eigenvalue weighted by atomic mass is 32.1. The highest BCUT2D eigenvalue weighted by molar-refractivity contribution is 7.18. The van der Waals surface area contributed by atoms with E-state index >= 15 is 0 Å². The van der Waals surface area contributed by atoms with Gasteiger partial charge in [0.05, 0.1) is 15.9 Å². The molecule has 1 saturated carbocycles. The lowest BCUT2D eigenvalue weighted by Gasteiger charge is -2.03. The predicted octanol–water partition coefficient (Wildman–Crippen LogP) is 4.16. The van der Waals surface area contributed by atoms with Crippen LogP contribution in [-0.2, 0) is 0 Å². The van der Waals surface area contributed by atoms with Crippen LogP contribution in [0.4, 0.5) is 15.9 Å². The summed E-state index contributed by atoms with van der Waals surface area (Å²) < 4.78 is 14.6. The third-order valence-electron chi connectivity index (χ3n) is 3.78. The average Bonchev–Trinajstić information content (AvgIpc) is 3.26. The lowest BCUT2D eigenvalue weighted by Crippen LogP contribution is -2.03. The zero-order valence-corrected chi connectivity index (χ0v) is 13.1. The first-order valence-corrected chi connectivity index (χ1v) is 8.30. The van der Waals surface area contributed by atoms with Crippen LogP contribution in [0.1, 0.15) is 24.0 Å². The molecule has 2 heterocycles. The Labute approximate surface area is 136 Å². The first kappa shape index (κ1) is 14.1. The number of hydrogen-bond donors (Lipinski definition) is 2. The molecule has 116 valence electrons. The van der Waals surface area contributed by atoms with Crippen molar-refractivity contribution in [2.75, 3.05) is 11.1 Å². The van der Waals surface area contributed by atoms with Crippen LogP contribution in [0.2, 0.25) is 0 Å². The SMILES string of the molecule is Nc1ccc(/C=C/c2csc3c(NC4CC4)ncnc23)cc1F. The van der Waals surface area contributed by atoms with E-state index in [1.165, 1.54) is 18.9 Å². The molecule has 0 amide bonds. The topological polar surface area (TPSA) is 63.8 Å². The standard InChI is InChI=1S/C17H15FN4S/c18-13-7-10(2-6-14(13)19)1-3-11-8-23-16-15(11)20-9-21-17(16)22-12-4-5-12/h1-3,6-9,12H,4-5,19H2,(H,20,21,22)/b3-1+. The Kier molecular flexibility index (Phi) is 3.46. The van der Waals surface area contributed by atoms with Crippen LogP contribution < -0.4 is 11.1 Å². The Hall–Kier alpha value is -2.47. The summed E-state index contributed by atoms with van der Waals surface area (Å²) in [5.74, 6) is 0.501. The summed E-state index contributed by atoms with van der Waals surface area (Å²) in [6.45, 7) is 0. The van der Waals surface area contributed by atoms with E-state index in [4.69, 9.17) is 5.73 Å². The summed E-state index contributed by atoms with van der Waals surface area (Å²) >= 11 is 1.62. The molecule has 0 aliphatic heterocycles. The quantitative estimate of drug-likeness (QED) is 0.707. The number of nitrogens with zero attached hydrogens (tertiary/aromatic N) is 2. The van der Waals surface area contributed by atoms with Gasteiger partial charge in [-0.05, 0) is 30.5 Å². The van der Waals surface area contributed by atoms with Crippen molar-refractivity contribution in [2.45, 2.75) is 18.9 Å². The molecule has 1 aliphatic carbocycles. The maximum atomic E-state index is 13.5. The van der Waals surface area contributed by atoms with Crippen LogP contribution in [0, 0.1) is 5.82 Å². The van der Waals surface area contributed by atoms with Crippen LogP contribution in [0.25, 0.3) is 22.4 Å². The minimum atomic E-state index is -0.402. The van der Waals surface area contributed by atoms with E-state index in [9.17, 15) is 4.39 Å². The Morgan fingerprint density at radius 2 is 2.13 bits per heavy atom. The van der Waals surface area contributed by atoms with Gasteiger partial charge in [-0.15, -0.1) is 11.3 Å². The van der Waals surface area contributed by atoms with Crippen molar-refractivity contribution in [3.63, 3.8) is 0 Å². The van der Waals surface area contributed by atoms with Crippen LogP contribution >= 0.6 is 11.3 Å². The number of halogens is 1. The Bertz CT molecular complexity index is 899. The van der Waals surface area contributed by atoms with Crippen LogP contribution in [0.15, 0.2) is 29.9 Å². The summed E-state index contributed by atoms with van der Waals surface area (Å²) in [6, 6.07) is 5.33. The summed E-state index contributed by atoms with van der Waals surface area (Å²) in [4.78, 5) is 8.73. The number of nitrogens with two attached hydrogens (primary N) is 1. The molecule has 1 fully saturated rings. The number of thiophene rings is 1. The van der Waals surface area contributed by atoms with Gasteiger partial charge in [-0.2, -0.15) is 0 Å². The Balaban J connectivity index is 1.66. The fourth-order valence-electron chi connectivity index (χ4n) is 2.34. The van der Waals surface area contributed by atoms with E-state index in [1.807, 2.05) is 17.5 Å². The van der Waals surface area contributed by atoms with Crippen molar-refractivity contribution >= 4 is 45.2 Å². The minimum absolute atomic E-state index is 0.159. The molecule has 0 bridgehead atoms. The number of fused-ring (bicyclic) bond motifs is 1. The van der Waals surface area contributed by atoms with Crippen LogP contribution in [0.3, 0.4) is 0 Å². The van der Waals surface area contributed by atoms with Gasteiger partial charge >= 0.3 is 0 Å². The van der Waals surface area contributed by atoms with E-state index in [1.54, 1.807) is 29.8 Å². The normalized spacial score (nSPS) is 14.7. The summed E-state index contributed by atoms with van der Waals surface area (Å²) in [6.07, 6.45) is 7.79. The molecule has 4 nitrogen and oxygen atoms in total. The molecule has 0 spiro atoms. The third-order valence-corrected chi connectivity index (χ3v) is 4.77. The second-order valence-corrected chi connectivity index (χ2v) is 6.50. The number of nitrogen functional groups attached to an aromatic ring is 1. The highest BCUT2D eigenvalue weighted by Crippen LogP contribution is 2.33. The van der Waals surface area contributed by atoms with Gasteiger partial charge in [0.1, 0.15) is 18.0 Å². The fourth-order valence-corrected chi connectivity index (χ4v) is 3.28. The molecule has 3 aromatic rings. The second kappa shape index (κ2) is 5.62. The Morgan fingerprint density at radius 1 is 1.26 bits per heavy atom. The molecule has 0 atom stereocenters. The molecule has 3 N–H and O–H groups in total. The van der Waals surface area contributed by atoms with E-state index in [0.717, 1.165) is 27.2 Å². The van der Waals surface area contributed by atoms with Crippen molar-refractivity contribution in [1.82, 2.24) is 9.97 Å². The molecule has 1 aliphatic rings.